The lowest BCUT2D eigenvalue weighted by Crippen LogP contribution is -2.36. The first-order valence-electron chi connectivity index (χ1n) is 9.79. The van der Waals surface area contributed by atoms with Crippen LogP contribution in [0.5, 0.6) is 5.75 Å². The summed E-state index contributed by atoms with van der Waals surface area (Å²) in [6.45, 7) is 1.13. The molecule has 29 heavy (non-hydrogen) atoms. The first kappa shape index (κ1) is 17.9. The smallest absolute Gasteiger partial charge is 0.291 e. The Kier molecular flexibility index (Phi) is 4.36. The van der Waals surface area contributed by atoms with Crippen molar-refractivity contribution in [1.29, 1.82) is 0 Å². The van der Waals surface area contributed by atoms with Crippen LogP contribution < -0.4 is 10.2 Å². The number of amides is 1. The lowest BCUT2D eigenvalue weighted by molar-refractivity contribution is 0.0486. The molecule has 0 unspecified atom stereocenters. The van der Waals surface area contributed by atoms with Crippen LogP contribution in [0.1, 0.15) is 40.6 Å². The highest BCUT2D eigenvalue weighted by molar-refractivity contribution is 5.99. The predicted molar refractivity (Wildman–Crippen MR) is 107 cm³/mol. The Morgan fingerprint density at radius 1 is 1.10 bits per heavy atom. The molecule has 0 spiro atoms. The van der Waals surface area contributed by atoms with Crippen LogP contribution in [0.4, 0.5) is 0 Å². The molecule has 0 N–H and O–H groups in total. The van der Waals surface area contributed by atoms with E-state index in [0.717, 1.165) is 24.2 Å². The zero-order valence-electron chi connectivity index (χ0n) is 16.1. The van der Waals surface area contributed by atoms with Crippen molar-refractivity contribution in [3.8, 4) is 5.75 Å². The molecular formula is C23H21NO5. The van der Waals surface area contributed by atoms with Crippen LogP contribution in [0.2, 0.25) is 0 Å². The largest absolute Gasteiger partial charge is 0.497 e. The maximum atomic E-state index is 13.4. The number of rotatable bonds is 4. The Morgan fingerprint density at radius 2 is 1.90 bits per heavy atom. The van der Waals surface area contributed by atoms with Crippen LogP contribution >= 0.6 is 0 Å². The van der Waals surface area contributed by atoms with E-state index in [2.05, 4.69) is 0 Å². The van der Waals surface area contributed by atoms with E-state index in [1.54, 1.807) is 36.3 Å². The third kappa shape index (κ3) is 2.91. The topological polar surface area (TPSA) is 69.0 Å². The van der Waals surface area contributed by atoms with Crippen LogP contribution in [0, 0.1) is 0 Å². The minimum absolute atomic E-state index is 0.0291. The molecular weight excluding hydrogens is 370 g/mol. The summed E-state index contributed by atoms with van der Waals surface area (Å²) in [6, 6.07) is 14.0. The maximum Gasteiger partial charge on any atom is 0.291 e. The van der Waals surface area contributed by atoms with Gasteiger partial charge < -0.3 is 18.8 Å². The van der Waals surface area contributed by atoms with Crippen LogP contribution in [0.25, 0.3) is 11.0 Å². The molecule has 0 aliphatic carbocycles. The van der Waals surface area contributed by atoms with Gasteiger partial charge in [0.1, 0.15) is 11.3 Å². The first-order valence-corrected chi connectivity index (χ1v) is 9.79. The summed E-state index contributed by atoms with van der Waals surface area (Å²) in [5.41, 5.74) is 1.51. The average Bonchev–Trinajstić information content (AvgIpc) is 3.36. The second-order valence-corrected chi connectivity index (χ2v) is 7.44. The zero-order valence-corrected chi connectivity index (χ0v) is 16.1. The quantitative estimate of drug-likeness (QED) is 0.681. The molecule has 6 nitrogen and oxygen atoms in total. The van der Waals surface area contributed by atoms with Crippen LogP contribution in [-0.4, -0.2) is 37.2 Å². The van der Waals surface area contributed by atoms with E-state index in [4.69, 9.17) is 13.9 Å². The van der Waals surface area contributed by atoms with E-state index in [1.165, 1.54) is 0 Å². The monoisotopic (exact) mass is 391 g/mol. The summed E-state index contributed by atoms with van der Waals surface area (Å²) in [5.74, 6) is 0.584. The molecule has 6 heteroatoms. The van der Waals surface area contributed by atoms with Gasteiger partial charge in [-0.05, 0) is 42.7 Å². The Balaban J connectivity index is 1.68. The summed E-state index contributed by atoms with van der Waals surface area (Å²) in [5, 5.41) is 0.483. The zero-order chi connectivity index (χ0) is 20.0. The molecule has 2 atom stereocenters. The van der Waals surface area contributed by atoms with E-state index in [0.29, 0.717) is 29.7 Å². The summed E-state index contributed by atoms with van der Waals surface area (Å²) in [4.78, 5) is 28.4. The molecule has 2 aliphatic rings. The highest BCUT2D eigenvalue weighted by Crippen LogP contribution is 2.39. The van der Waals surface area contributed by atoms with Gasteiger partial charge in [0.15, 0.2) is 5.43 Å². The number of methoxy groups -OCH3 is 1. The minimum Gasteiger partial charge on any atom is -0.497 e. The summed E-state index contributed by atoms with van der Waals surface area (Å²) < 4.78 is 17.0. The normalized spacial score (nSPS) is 21.0. The highest BCUT2D eigenvalue weighted by Gasteiger charge is 2.43. The van der Waals surface area contributed by atoms with Crippen molar-refractivity contribution in [3.63, 3.8) is 0 Å². The molecule has 148 valence electrons. The Bertz CT molecular complexity index is 1130. The van der Waals surface area contributed by atoms with Gasteiger partial charge in [0, 0.05) is 13.2 Å². The number of fused-ring (bicyclic) bond motifs is 2. The summed E-state index contributed by atoms with van der Waals surface area (Å²) >= 11 is 0. The molecule has 3 heterocycles. The third-order valence-electron chi connectivity index (χ3n) is 5.73. The molecule has 5 rings (SSSR count). The number of carbonyl (C=O) groups excluding carboxylic acids is 1. The number of hydrogen-bond donors (Lipinski definition) is 0. The minimum atomic E-state index is -0.506. The fraction of sp³-hybridized carbons (Fsp3) is 0.304. The Morgan fingerprint density at radius 3 is 2.62 bits per heavy atom. The van der Waals surface area contributed by atoms with Gasteiger partial charge in [-0.25, -0.2) is 0 Å². The first-order chi connectivity index (χ1) is 14.2. The number of benzene rings is 2. The van der Waals surface area contributed by atoms with Crippen molar-refractivity contribution in [2.24, 2.45) is 0 Å². The van der Waals surface area contributed by atoms with Gasteiger partial charge in [-0.15, -0.1) is 0 Å². The van der Waals surface area contributed by atoms with Crippen molar-refractivity contribution in [2.75, 3.05) is 20.3 Å². The number of hydrogen-bond acceptors (Lipinski definition) is 5. The van der Waals surface area contributed by atoms with Gasteiger partial charge >= 0.3 is 0 Å². The molecule has 2 aromatic carbocycles. The second-order valence-electron chi connectivity index (χ2n) is 7.44. The molecule has 1 amide bonds. The fourth-order valence-corrected chi connectivity index (χ4v) is 4.30. The molecule has 1 fully saturated rings. The standard InChI is InChI=1S/C23H21NO5/c1-27-15-10-8-14(9-11-15)20-19-21(25)17-6-2-3-7-18(17)29-22(19)23(26)24(20)13-16-5-4-12-28-16/h2-3,6-11,16,20H,4-5,12-13H2,1H3/t16-,20-/m0/s1. The van der Waals surface area contributed by atoms with E-state index in [9.17, 15) is 9.59 Å². The second kappa shape index (κ2) is 7.04. The van der Waals surface area contributed by atoms with Gasteiger partial charge in [-0.2, -0.15) is 0 Å². The van der Waals surface area contributed by atoms with E-state index in [1.807, 2.05) is 24.3 Å². The average molecular weight is 391 g/mol. The Labute approximate surface area is 167 Å². The van der Waals surface area contributed by atoms with Crippen LogP contribution in [0.15, 0.2) is 57.7 Å². The molecule has 0 radical (unpaired) electrons. The predicted octanol–water partition coefficient (Wildman–Crippen LogP) is 3.53. The maximum absolute atomic E-state index is 13.4. The molecule has 3 aromatic rings. The number of para-hydroxylation sites is 1. The van der Waals surface area contributed by atoms with Crippen LogP contribution in [-0.2, 0) is 4.74 Å². The van der Waals surface area contributed by atoms with Crippen molar-refractivity contribution >= 4 is 16.9 Å². The fourth-order valence-electron chi connectivity index (χ4n) is 4.30. The van der Waals surface area contributed by atoms with Crippen molar-refractivity contribution in [2.45, 2.75) is 25.0 Å². The summed E-state index contributed by atoms with van der Waals surface area (Å²) in [6.07, 6.45) is 1.85. The molecule has 0 bridgehead atoms. The number of nitrogens with zero attached hydrogens (tertiary/aromatic N) is 1. The molecule has 2 aliphatic heterocycles. The van der Waals surface area contributed by atoms with Crippen molar-refractivity contribution in [1.82, 2.24) is 4.90 Å². The third-order valence-corrected chi connectivity index (χ3v) is 5.73. The van der Waals surface area contributed by atoms with Gasteiger partial charge in [0.2, 0.25) is 5.76 Å². The van der Waals surface area contributed by atoms with E-state index >= 15 is 0 Å². The lowest BCUT2D eigenvalue weighted by Gasteiger charge is -2.27. The SMILES string of the molecule is COc1ccc([C@H]2c3c(oc4ccccc4c3=O)C(=O)N2C[C@@H]2CCCO2)cc1. The number of carbonyl (C=O) groups is 1. The van der Waals surface area contributed by atoms with Gasteiger partial charge in [-0.3, -0.25) is 9.59 Å². The summed E-state index contributed by atoms with van der Waals surface area (Å²) in [7, 11) is 1.61. The highest BCUT2D eigenvalue weighted by atomic mass is 16.5. The lowest BCUT2D eigenvalue weighted by atomic mass is 9.98. The number of ether oxygens (including phenoxy) is 2. The Hall–Kier alpha value is -3.12. The van der Waals surface area contributed by atoms with Crippen molar-refractivity contribution in [3.05, 3.63) is 75.6 Å². The van der Waals surface area contributed by atoms with E-state index < -0.39 is 6.04 Å². The molecule has 1 saturated heterocycles. The van der Waals surface area contributed by atoms with E-state index in [-0.39, 0.29) is 23.2 Å². The van der Waals surface area contributed by atoms with Gasteiger partial charge in [-0.1, -0.05) is 24.3 Å². The van der Waals surface area contributed by atoms with Crippen LogP contribution in [0.3, 0.4) is 0 Å². The van der Waals surface area contributed by atoms with Gasteiger partial charge in [0.25, 0.3) is 5.91 Å². The molecule has 1 aromatic heterocycles. The van der Waals surface area contributed by atoms with Crippen molar-refractivity contribution < 1.29 is 18.7 Å². The van der Waals surface area contributed by atoms with Gasteiger partial charge in [0.05, 0.1) is 30.2 Å². The molecule has 0 saturated carbocycles.